The van der Waals surface area contributed by atoms with Crippen LogP contribution in [0.2, 0.25) is 10.0 Å². The molecule has 2 saturated heterocycles. The Balaban J connectivity index is 1.24. The van der Waals surface area contributed by atoms with Crippen molar-refractivity contribution < 1.29 is 4.79 Å². The first-order chi connectivity index (χ1) is 14.5. The molecule has 2 N–H and O–H groups in total. The Labute approximate surface area is 188 Å². The second kappa shape index (κ2) is 9.59. The maximum absolute atomic E-state index is 12.7. The third kappa shape index (κ3) is 5.11. The van der Waals surface area contributed by atoms with Gasteiger partial charge in [-0.1, -0.05) is 29.3 Å². The van der Waals surface area contributed by atoms with Gasteiger partial charge >= 0.3 is 0 Å². The summed E-state index contributed by atoms with van der Waals surface area (Å²) < 4.78 is 0. The van der Waals surface area contributed by atoms with E-state index in [2.05, 4.69) is 11.0 Å². The van der Waals surface area contributed by atoms with Crippen molar-refractivity contribution >= 4 is 34.8 Å². The molecule has 2 aromatic rings. The summed E-state index contributed by atoms with van der Waals surface area (Å²) in [5.74, 6) is 0.819. The normalized spacial score (nSPS) is 19.2. The second-order valence-corrected chi connectivity index (χ2v) is 9.39. The molecule has 0 aliphatic carbocycles. The average Bonchev–Trinajstić information content (AvgIpc) is 2.77. The number of rotatable bonds is 4. The number of halogens is 2. The highest BCUT2D eigenvalue weighted by Crippen LogP contribution is 2.29. The lowest BCUT2D eigenvalue weighted by Crippen LogP contribution is -2.49. The van der Waals surface area contributed by atoms with Gasteiger partial charge in [0.25, 0.3) is 5.91 Å². The van der Waals surface area contributed by atoms with Crippen LogP contribution in [-0.4, -0.2) is 47.9 Å². The molecule has 2 fully saturated rings. The minimum absolute atomic E-state index is 0.119. The van der Waals surface area contributed by atoms with Crippen LogP contribution in [0.15, 0.2) is 42.5 Å². The zero-order chi connectivity index (χ0) is 21.1. The summed E-state index contributed by atoms with van der Waals surface area (Å²) in [4.78, 5) is 17.3. The first kappa shape index (κ1) is 21.5. The summed E-state index contributed by atoms with van der Waals surface area (Å²) in [6, 6.07) is 13.8. The largest absolute Gasteiger partial charge is 0.399 e. The lowest BCUT2D eigenvalue weighted by atomic mass is 9.88. The first-order valence-corrected chi connectivity index (χ1v) is 11.6. The monoisotopic (exact) mass is 445 g/mol. The number of nitrogens with two attached hydrogens (primary N) is 1. The van der Waals surface area contributed by atoms with Gasteiger partial charge in [-0.15, -0.1) is 0 Å². The van der Waals surface area contributed by atoms with Crippen molar-refractivity contribution in [2.24, 2.45) is 5.92 Å². The summed E-state index contributed by atoms with van der Waals surface area (Å²) >= 11 is 12.2. The van der Waals surface area contributed by atoms with Gasteiger partial charge in [0, 0.05) is 30.4 Å². The molecule has 0 bridgehead atoms. The Morgan fingerprint density at radius 3 is 2.20 bits per heavy atom. The summed E-state index contributed by atoms with van der Waals surface area (Å²) in [5.41, 5.74) is 8.42. The molecule has 6 heteroatoms. The fourth-order valence-electron chi connectivity index (χ4n) is 4.76. The van der Waals surface area contributed by atoms with E-state index in [9.17, 15) is 4.79 Å². The van der Waals surface area contributed by atoms with Gasteiger partial charge in [0.15, 0.2) is 0 Å². The van der Waals surface area contributed by atoms with E-state index in [1.165, 1.54) is 18.4 Å². The number of nitrogens with zero attached hydrogens (tertiary/aromatic N) is 2. The standard InChI is InChI=1S/C24H29Cl2N3O/c25-22-6-1-18(16-23(22)26)15-17-7-11-28(12-8-17)21-9-13-29(14-10-21)24(30)19-2-4-20(27)5-3-19/h1-6,16-17,21H,7-15,27H2. The predicted octanol–water partition coefficient (Wildman–Crippen LogP) is 5.13. The third-order valence-corrected chi connectivity index (χ3v) is 7.32. The number of benzene rings is 2. The van der Waals surface area contributed by atoms with Gasteiger partial charge in [-0.05, 0) is 93.1 Å². The summed E-state index contributed by atoms with van der Waals surface area (Å²) in [5, 5.41) is 1.27. The maximum Gasteiger partial charge on any atom is 0.253 e. The molecule has 1 amide bonds. The molecule has 0 aromatic heterocycles. The zero-order valence-corrected chi connectivity index (χ0v) is 18.7. The molecule has 4 rings (SSSR count). The van der Waals surface area contributed by atoms with Gasteiger partial charge in [0.1, 0.15) is 0 Å². The molecule has 2 heterocycles. The molecule has 0 radical (unpaired) electrons. The van der Waals surface area contributed by atoms with E-state index in [4.69, 9.17) is 28.9 Å². The second-order valence-electron chi connectivity index (χ2n) is 8.58. The van der Waals surface area contributed by atoms with Crippen LogP contribution in [0.25, 0.3) is 0 Å². The number of carbonyl (C=O) groups excluding carboxylic acids is 1. The topological polar surface area (TPSA) is 49.6 Å². The molecule has 2 aromatic carbocycles. The van der Waals surface area contributed by atoms with Crippen molar-refractivity contribution in [3.63, 3.8) is 0 Å². The van der Waals surface area contributed by atoms with Gasteiger partial charge in [0.2, 0.25) is 0 Å². The Bertz CT molecular complexity index is 871. The first-order valence-electron chi connectivity index (χ1n) is 10.8. The minimum Gasteiger partial charge on any atom is -0.399 e. The van der Waals surface area contributed by atoms with Crippen LogP contribution >= 0.6 is 23.2 Å². The quantitative estimate of drug-likeness (QED) is 0.662. The fourth-order valence-corrected chi connectivity index (χ4v) is 5.09. The van der Waals surface area contributed by atoms with E-state index in [0.29, 0.717) is 27.7 Å². The molecular formula is C24H29Cl2N3O. The van der Waals surface area contributed by atoms with Crippen LogP contribution in [0.3, 0.4) is 0 Å². The molecular weight excluding hydrogens is 417 g/mol. The minimum atomic E-state index is 0.119. The van der Waals surface area contributed by atoms with Crippen LogP contribution < -0.4 is 5.73 Å². The van der Waals surface area contributed by atoms with Crippen LogP contribution in [0.1, 0.15) is 41.6 Å². The summed E-state index contributed by atoms with van der Waals surface area (Å²) in [6.45, 7) is 3.94. The van der Waals surface area contributed by atoms with Crippen LogP contribution in [-0.2, 0) is 6.42 Å². The van der Waals surface area contributed by atoms with Crippen molar-refractivity contribution in [3.05, 3.63) is 63.6 Å². The summed E-state index contributed by atoms with van der Waals surface area (Å²) in [6.07, 6.45) is 5.60. The third-order valence-electron chi connectivity index (χ3n) is 6.58. The number of piperidine rings is 2. The Morgan fingerprint density at radius 2 is 1.57 bits per heavy atom. The van der Waals surface area contributed by atoms with Crippen LogP contribution in [0, 0.1) is 5.92 Å². The van der Waals surface area contributed by atoms with Gasteiger partial charge in [-0.3, -0.25) is 4.79 Å². The van der Waals surface area contributed by atoms with E-state index in [0.717, 1.165) is 51.0 Å². The zero-order valence-electron chi connectivity index (χ0n) is 17.2. The van der Waals surface area contributed by atoms with E-state index < -0.39 is 0 Å². The SMILES string of the molecule is Nc1ccc(C(=O)N2CCC(N3CCC(Cc4ccc(Cl)c(Cl)c4)CC3)CC2)cc1. The van der Waals surface area contributed by atoms with E-state index in [1.807, 2.05) is 29.2 Å². The lowest BCUT2D eigenvalue weighted by molar-refractivity contribution is 0.0552. The van der Waals surface area contributed by atoms with E-state index >= 15 is 0 Å². The van der Waals surface area contributed by atoms with E-state index in [1.54, 1.807) is 12.1 Å². The Morgan fingerprint density at radius 1 is 0.900 bits per heavy atom. The van der Waals surface area contributed by atoms with Crippen molar-refractivity contribution in [1.82, 2.24) is 9.80 Å². The Hall–Kier alpha value is -1.75. The molecule has 4 nitrogen and oxygen atoms in total. The molecule has 0 unspecified atom stereocenters. The van der Waals surface area contributed by atoms with Gasteiger partial charge < -0.3 is 15.5 Å². The fraction of sp³-hybridized carbons (Fsp3) is 0.458. The van der Waals surface area contributed by atoms with Crippen molar-refractivity contribution in [3.8, 4) is 0 Å². The van der Waals surface area contributed by atoms with Crippen molar-refractivity contribution in [2.75, 3.05) is 31.9 Å². The average molecular weight is 446 g/mol. The molecule has 0 saturated carbocycles. The molecule has 2 aliphatic heterocycles. The number of hydrogen-bond acceptors (Lipinski definition) is 3. The van der Waals surface area contributed by atoms with Gasteiger partial charge in [-0.2, -0.15) is 0 Å². The number of amides is 1. The highest BCUT2D eigenvalue weighted by Gasteiger charge is 2.30. The highest BCUT2D eigenvalue weighted by atomic mass is 35.5. The predicted molar refractivity (Wildman–Crippen MR) is 124 cm³/mol. The summed E-state index contributed by atoms with van der Waals surface area (Å²) in [7, 11) is 0. The van der Waals surface area contributed by atoms with Gasteiger partial charge in [-0.25, -0.2) is 0 Å². The number of nitrogen functional groups attached to an aromatic ring is 1. The number of hydrogen-bond donors (Lipinski definition) is 1. The van der Waals surface area contributed by atoms with Crippen molar-refractivity contribution in [2.45, 2.75) is 38.1 Å². The van der Waals surface area contributed by atoms with Crippen LogP contribution in [0.4, 0.5) is 5.69 Å². The van der Waals surface area contributed by atoms with Crippen molar-refractivity contribution in [1.29, 1.82) is 0 Å². The Kier molecular flexibility index (Phi) is 6.87. The van der Waals surface area contributed by atoms with E-state index in [-0.39, 0.29) is 5.91 Å². The molecule has 2 aliphatic rings. The molecule has 0 atom stereocenters. The molecule has 160 valence electrons. The highest BCUT2D eigenvalue weighted by molar-refractivity contribution is 6.42. The smallest absolute Gasteiger partial charge is 0.253 e. The molecule has 30 heavy (non-hydrogen) atoms. The molecule has 0 spiro atoms. The number of carbonyl (C=O) groups is 1. The lowest BCUT2D eigenvalue weighted by Gasteiger charge is -2.42. The number of anilines is 1. The van der Waals surface area contributed by atoms with Crippen LogP contribution in [0.5, 0.6) is 0 Å². The van der Waals surface area contributed by atoms with Gasteiger partial charge in [0.05, 0.1) is 10.0 Å². The number of likely N-dealkylation sites (tertiary alicyclic amines) is 2. The maximum atomic E-state index is 12.7.